The van der Waals surface area contributed by atoms with Crippen molar-refractivity contribution < 1.29 is 28.7 Å². The quantitative estimate of drug-likeness (QED) is 0.164. The van der Waals surface area contributed by atoms with Crippen LogP contribution in [-0.4, -0.2) is 61.3 Å². The van der Waals surface area contributed by atoms with E-state index < -0.39 is 48.2 Å². The highest BCUT2D eigenvalue weighted by Crippen LogP contribution is 2.09. The number of carbonyl (C=O) groups is 5. The molecule has 0 unspecified atom stereocenters. The first-order chi connectivity index (χ1) is 20.3. The van der Waals surface area contributed by atoms with Gasteiger partial charge in [0.2, 0.25) is 23.6 Å². The third-order valence-corrected chi connectivity index (χ3v) is 6.12. The fourth-order valence-corrected chi connectivity index (χ4v) is 3.94. The summed E-state index contributed by atoms with van der Waals surface area (Å²) in [5.74, 6) is -2.95. The van der Waals surface area contributed by atoms with Gasteiger partial charge in [0.15, 0.2) is 0 Å². The lowest BCUT2D eigenvalue weighted by molar-refractivity contribution is -0.149. The third-order valence-electron chi connectivity index (χ3n) is 6.12. The molecule has 2 atom stereocenters. The Morgan fingerprint density at radius 2 is 1.07 bits per heavy atom. The fourth-order valence-electron chi connectivity index (χ4n) is 3.94. The highest BCUT2D eigenvalue weighted by Gasteiger charge is 2.28. The third kappa shape index (κ3) is 11.2. The Balaban J connectivity index is 1.70. The molecule has 220 valence electrons. The van der Waals surface area contributed by atoms with Gasteiger partial charge in [0.05, 0.1) is 19.6 Å². The Morgan fingerprint density at radius 1 is 0.595 bits per heavy atom. The molecule has 4 amide bonds. The first-order valence-corrected chi connectivity index (χ1v) is 13.5. The Kier molecular flexibility index (Phi) is 12.7. The van der Waals surface area contributed by atoms with Crippen molar-refractivity contribution in [3.8, 4) is 0 Å². The molecule has 0 aliphatic carbocycles. The van der Waals surface area contributed by atoms with Crippen LogP contribution in [0.3, 0.4) is 0 Å². The molecule has 3 rings (SSSR count). The second-order valence-corrected chi connectivity index (χ2v) is 9.41. The number of rotatable bonds is 15. The van der Waals surface area contributed by atoms with E-state index in [2.05, 4.69) is 21.3 Å². The van der Waals surface area contributed by atoms with Crippen molar-refractivity contribution >= 4 is 29.6 Å². The summed E-state index contributed by atoms with van der Waals surface area (Å²) in [7, 11) is 0. The van der Waals surface area contributed by atoms with Gasteiger partial charge < -0.3 is 31.7 Å². The van der Waals surface area contributed by atoms with E-state index in [1.807, 2.05) is 78.9 Å². The van der Waals surface area contributed by atoms with E-state index in [1.165, 1.54) is 0 Å². The molecule has 3 aromatic rings. The predicted molar refractivity (Wildman–Crippen MR) is 155 cm³/mol. The molecule has 0 radical (unpaired) electrons. The average Bonchev–Trinajstić information content (AvgIpc) is 3.02. The van der Waals surface area contributed by atoms with E-state index in [-0.39, 0.29) is 32.5 Å². The second-order valence-electron chi connectivity index (χ2n) is 9.41. The topological polar surface area (TPSA) is 169 Å². The van der Waals surface area contributed by atoms with Crippen molar-refractivity contribution in [1.82, 2.24) is 21.3 Å². The molecular weight excluding hydrogens is 538 g/mol. The van der Waals surface area contributed by atoms with Gasteiger partial charge in [-0.05, 0) is 16.7 Å². The molecule has 0 heterocycles. The molecule has 0 bridgehead atoms. The van der Waals surface area contributed by atoms with Crippen LogP contribution in [-0.2, 0) is 48.2 Å². The molecule has 0 fully saturated rings. The number of hydrogen-bond donors (Lipinski definition) is 5. The SMILES string of the molecule is NCC(=O)NCC(=O)NCC(=O)N[C@@H](Cc1ccccc1)C(=O)N[C@@H](Cc1ccccc1)C(=O)OCc1ccccc1. The maximum atomic E-state index is 13.5. The second kappa shape index (κ2) is 16.9. The highest BCUT2D eigenvalue weighted by atomic mass is 16.5. The monoisotopic (exact) mass is 573 g/mol. The molecule has 0 aliphatic rings. The highest BCUT2D eigenvalue weighted by molar-refractivity contribution is 5.93. The molecule has 0 saturated carbocycles. The zero-order valence-corrected chi connectivity index (χ0v) is 23.1. The van der Waals surface area contributed by atoms with Gasteiger partial charge in [-0.15, -0.1) is 0 Å². The van der Waals surface area contributed by atoms with Crippen molar-refractivity contribution in [2.45, 2.75) is 31.5 Å². The van der Waals surface area contributed by atoms with E-state index >= 15 is 0 Å². The van der Waals surface area contributed by atoms with Gasteiger partial charge in [-0.3, -0.25) is 19.2 Å². The van der Waals surface area contributed by atoms with Crippen molar-refractivity contribution in [3.63, 3.8) is 0 Å². The number of carbonyl (C=O) groups excluding carboxylic acids is 5. The van der Waals surface area contributed by atoms with Gasteiger partial charge in [-0.2, -0.15) is 0 Å². The molecule has 0 aliphatic heterocycles. The minimum atomic E-state index is -1.06. The van der Waals surface area contributed by atoms with Crippen LogP contribution in [0.1, 0.15) is 16.7 Å². The average molecular weight is 574 g/mol. The number of nitrogens with one attached hydrogen (secondary N) is 4. The van der Waals surface area contributed by atoms with E-state index in [4.69, 9.17) is 10.5 Å². The maximum absolute atomic E-state index is 13.5. The van der Waals surface area contributed by atoms with Crippen molar-refractivity contribution in [2.75, 3.05) is 19.6 Å². The van der Waals surface area contributed by atoms with Crippen LogP contribution in [0.15, 0.2) is 91.0 Å². The number of hydrogen-bond acceptors (Lipinski definition) is 7. The summed E-state index contributed by atoms with van der Waals surface area (Å²) in [5.41, 5.74) is 7.58. The molecule has 0 saturated heterocycles. The zero-order chi connectivity index (χ0) is 30.2. The molecule has 42 heavy (non-hydrogen) atoms. The van der Waals surface area contributed by atoms with Crippen LogP contribution in [0.4, 0.5) is 0 Å². The summed E-state index contributed by atoms with van der Waals surface area (Å²) < 4.78 is 5.53. The molecule has 6 N–H and O–H groups in total. The van der Waals surface area contributed by atoms with Gasteiger partial charge in [-0.1, -0.05) is 91.0 Å². The Hall–Kier alpha value is -5.03. The van der Waals surface area contributed by atoms with Crippen LogP contribution in [0, 0.1) is 0 Å². The van der Waals surface area contributed by atoms with Crippen molar-refractivity contribution in [1.29, 1.82) is 0 Å². The fraction of sp³-hybridized carbons (Fsp3) is 0.258. The molecule has 0 spiro atoms. The minimum Gasteiger partial charge on any atom is -0.459 e. The minimum absolute atomic E-state index is 0.0381. The van der Waals surface area contributed by atoms with E-state index in [0.29, 0.717) is 0 Å². The summed E-state index contributed by atoms with van der Waals surface area (Å²) in [5, 5.41) is 10.1. The molecule has 0 aromatic heterocycles. The van der Waals surface area contributed by atoms with Crippen molar-refractivity contribution in [2.24, 2.45) is 5.73 Å². The van der Waals surface area contributed by atoms with Crippen molar-refractivity contribution in [3.05, 3.63) is 108 Å². The van der Waals surface area contributed by atoms with Gasteiger partial charge >= 0.3 is 5.97 Å². The van der Waals surface area contributed by atoms with Crippen LogP contribution in [0.5, 0.6) is 0 Å². The maximum Gasteiger partial charge on any atom is 0.329 e. The first-order valence-electron chi connectivity index (χ1n) is 13.5. The number of nitrogens with two attached hydrogens (primary N) is 1. The largest absolute Gasteiger partial charge is 0.459 e. The summed E-state index contributed by atoms with van der Waals surface area (Å²) in [6, 6.07) is 25.3. The lowest BCUT2D eigenvalue weighted by atomic mass is 10.0. The number of ether oxygens (including phenoxy) is 1. The number of amides is 4. The van der Waals surface area contributed by atoms with Crippen LogP contribution in [0.25, 0.3) is 0 Å². The lowest BCUT2D eigenvalue weighted by Gasteiger charge is -2.23. The van der Waals surface area contributed by atoms with E-state index in [0.717, 1.165) is 16.7 Å². The summed E-state index contributed by atoms with van der Waals surface area (Å²) in [6.07, 6.45) is 0.312. The Morgan fingerprint density at radius 3 is 1.62 bits per heavy atom. The lowest BCUT2D eigenvalue weighted by Crippen LogP contribution is -2.54. The van der Waals surface area contributed by atoms with Crippen LogP contribution in [0.2, 0.25) is 0 Å². The molecule has 11 heteroatoms. The standard InChI is InChI=1S/C31H35N5O6/c32-18-27(37)33-19-28(38)34-20-29(39)35-25(16-22-10-4-1-5-11-22)30(40)36-26(17-23-12-6-2-7-13-23)31(41)42-21-24-14-8-3-9-15-24/h1-15,25-26H,16-21,32H2,(H,33,37)(H,34,38)(H,35,39)(H,36,40)/t25-,26-/m0/s1. The summed E-state index contributed by atoms with van der Waals surface area (Å²) in [6.45, 7) is -1.00. The van der Waals surface area contributed by atoms with Gasteiger partial charge in [0.25, 0.3) is 0 Å². The Labute approximate surface area is 244 Å². The molecule has 11 nitrogen and oxygen atoms in total. The van der Waals surface area contributed by atoms with Gasteiger partial charge in [0.1, 0.15) is 18.7 Å². The molecule has 3 aromatic carbocycles. The number of esters is 1. The number of benzene rings is 3. The summed E-state index contributed by atoms with van der Waals surface area (Å²) >= 11 is 0. The van der Waals surface area contributed by atoms with Gasteiger partial charge in [-0.25, -0.2) is 4.79 Å². The zero-order valence-electron chi connectivity index (χ0n) is 23.1. The summed E-state index contributed by atoms with van der Waals surface area (Å²) in [4.78, 5) is 62.6. The smallest absolute Gasteiger partial charge is 0.329 e. The van der Waals surface area contributed by atoms with E-state index in [9.17, 15) is 24.0 Å². The first kappa shape index (κ1) is 31.5. The Bertz CT molecular complexity index is 1320. The normalized spacial score (nSPS) is 11.8. The van der Waals surface area contributed by atoms with E-state index in [1.54, 1.807) is 12.1 Å². The van der Waals surface area contributed by atoms with Gasteiger partial charge in [0, 0.05) is 12.8 Å². The van der Waals surface area contributed by atoms with Crippen LogP contribution >= 0.6 is 0 Å². The molecular formula is C31H35N5O6. The predicted octanol–water partition coefficient (Wildman–Crippen LogP) is 0.376. The van der Waals surface area contributed by atoms with Crippen LogP contribution < -0.4 is 27.0 Å².